The molecule has 0 aliphatic heterocycles. The normalized spacial score (nSPS) is 10.2. The number of aromatic nitrogens is 2. The molecule has 0 radical (unpaired) electrons. The number of rotatable bonds is 5. The molecule has 0 saturated heterocycles. The van der Waals surface area contributed by atoms with Crippen LogP contribution in [-0.2, 0) is 16.1 Å². The van der Waals surface area contributed by atoms with Crippen molar-refractivity contribution in [2.45, 2.75) is 6.61 Å². The number of amides is 1. The van der Waals surface area contributed by atoms with Crippen LogP contribution < -0.4 is 5.32 Å². The number of anilines is 1. The first-order valence-corrected chi connectivity index (χ1v) is 6.76. The Bertz CT molecular complexity index is 656. The van der Waals surface area contributed by atoms with Gasteiger partial charge in [0.15, 0.2) is 0 Å². The first-order valence-electron chi connectivity index (χ1n) is 5.95. The molecule has 0 unspecified atom stereocenters. The van der Waals surface area contributed by atoms with Crippen molar-refractivity contribution in [3.05, 3.63) is 40.4 Å². The first kappa shape index (κ1) is 15.1. The summed E-state index contributed by atoms with van der Waals surface area (Å²) in [6, 6.07) is 6.24. The van der Waals surface area contributed by atoms with Gasteiger partial charge in [0.2, 0.25) is 5.13 Å². The number of ether oxygens (including phenoxy) is 2. The molecule has 2 rings (SSSR count). The summed E-state index contributed by atoms with van der Waals surface area (Å²) in [6.45, 7) is 0.339. The fourth-order valence-corrected chi connectivity index (χ4v) is 2.27. The van der Waals surface area contributed by atoms with Crippen LogP contribution in [-0.4, -0.2) is 36.3 Å². The van der Waals surface area contributed by atoms with Gasteiger partial charge in [0, 0.05) is 12.7 Å². The van der Waals surface area contributed by atoms with E-state index in [2.05, 4.69) is 20.3 Å². The molecule has 0 aliphatic carbocycles. The number of nitrogens with one attached hydrogen (secondary N) is 1. The second kappa shape index (κ2) is 6.91. The van der Waals surface area contributed by atoms with Gasteiger partial charge in [0.05, 0.1) is 12.7 Å². The average Bonchev–Trinajstić information content (AvgIpc) is 2.94. The van der Waals surface area contributed by atoms with Gasteiger partial charge in [-0.3, -0.25) is 10.1 Å². The van der Waals surface area contributed by atoms with E-state index in [1.165, 1.54) is 24.5 Å². The van der Waals surface area contributed by atoms with Gasteiger partial charge in [-0.2, -0.15) is 0 Å². The molecule has 0 atom stereocenters. The molecule has 1 amide bonds. The van der Waals surface area contributed by atoms with E-state index >= 15 is 0 Å². The van der Waals surface area contributed by atoms with Crippen LogP contribution in [0.1, 0.15) is 25.7 Å². The third-order valence-electron chi connectivity index (χ3n) is 2.50. The van der Waals surface area contributed by atoms with E-state index < -0.39 is 5.97 Å². The Hall–Kier alpha value is -2.32. The first-order chi connectivity index (χ1) is 10.1. The predicted octanol–water partition coefficient (Wildman–Crippen LogP) is 1.72. The van der Waals surface area contributed by atoms with Crippen molar-refractivity contribution in [1.82, 2.24) is 10.2 Å². The quantitative estimate of drug-likeness (QED) is 0.846. The van der Waals surface area contributed by atoms with E-state index in [1.54, 1.807) is 25.3 Å². The Balaban J connectivity index is 2.10. The number of methoxy groups -OCH3 is 2. The van der Waals surface area contributed by atoms with E-state index in [4.69, 9.17) is 4.74 Å². The number of carbonyl (C=O) groups is 2. The summed E-state index contributed by atoms with van der Waals surface area (Å²) in [5, 5.41) is 11.4. The molecule has 1 heterocycles. The van der Waals surface area contributed by atoms with Gasteiger partial charge in [-0.1, -0.05) is 17.4 Å². The van der Waals surface area contributed by atoms with Gasteiger partial charge in [0.25, 0.3) is 5.91 Å². The highest BCUT2D eigenvalue weighted by molar-refractivity contribution is 7.15. The largest absolute Gasteiger partial charge is 0.465 e. The fraction of sp³-hybridized carbons (Fsp3) is 0.231. The van der Waals surface area contributed by atoms with Crippen molar-refractivity contribution in [2.24, 2.45) is 0 Å². The van der Waals surface area contributed by atoms with Gasteiger partial charge >= 0.3 is 5.97 Å². The molecule has 0 fully saturated rings. The van der Waals surface area contributed by atoms with Crippen LogP contribution in [0.15, 0.2) is 24.3 Å². The second-order valence-electron chi connectivity index (χ2n) is 3.96. The summed E-state index contributed by atoms with van der Waals surface area (Å²) >= 11 is 1.22. The second-order valence-corrected chi connectivity index (χ2v) is 5.02. The van der Waals surface area contributed by atoms with Crippen molar-refractivity contribution in [3.63, 3.8) is 0 Å². The molecule has 1 aromatic heterocycles. The predicted molar refractivity (Wildman–Crippen MR) is 76.4 cm³/mol. The topological polar surface area (TPSA) is 90.4 Å². The number of hydrogen-bond acceptors (Lipinski definition) is 7. The lowest BCUT2D eigenvalue weighted by Gasteiger charge is -2.03. The molecule has 21 heavy (non-hydrogen) atoms. The molecular formula is C13H13N3O4S. The van der Waals surface area contributed by atoms with Crippen molar-refractivity contribution in [1.29, 1.82) is 0 Å². The molecule has 0 spiro atoms. The zero-order chi connectivity index (χ0) is 15.2. The molecule has 0 aliphatic rings. The van der Waals surface area contributed by atoms with Crippen LogP contribution in [0.25, 0.3) is 0 Å². The maximum Gasteiger partial charge on any atom is 0.337 e. The SMILES string of the molecule is COCc1nnc(NC(=O)c2cccc(C(=O)OC)c2)s1. The molecular weight excluding hydrogens is 294 g/mol. The number of nitrogens with zero attached hydrogens (tertiary/aromatic N) is 2. The monoisotopic (exact) mass is 307 g/mol. The van der Waals surface area contributed by atoms with Crippen LogP contribution in [0, 0.1) is 0 Å². The standard InChI is InChI=1S/C13H13N3O4S/c1-19-7-10-15-16-13(21-10)14-11(17)8-4-3-5-9(6-8)12(18)20-2/h3-6H,7H2,1-2H3,(H,14,16,17). The highest BCUT2D eigenvalue weighted by Crippen LogP contribution is 2.17. The lowest BCUT2D eigenvalue weighted by atomic mass is 10.1. The highest BCUT2D eigenvalue weighted by atomic mass is 32.1. The molecule has 1 aromatic carbocycles. The van der Waals surface area contributed by atoms with E-state index in [9.17, 15) is 9.59 Å². The summed E-state index contributed by atoms with van der Waals surface area (Å²) in [5.74, 6) is -0.871. The lowest BCUT2D eigenvalue weighted by Crippen LogP contribution is -2.13. The molecule has 7 nitrogen and oxygen atoms in total. The maximum atomic E-state index is 12.1. The van der Waals surface area contributed by atoms with Gasteiger partial charge < -0.3 is 9.47 Å². The number of hydrogen-bond donors (Lipinski definition) is 1. The van der Waals surface area contributed by atoms with Crippen molar-refractivity contribution >= 4 is 28.3 Å². The minimum Gasteiger partial charge on any atom is -0.465 e. The summed E-state index contributed by atoms with van der Waals surface area (Å²) in [4.78, 5) is 23.5. The fourth-order valence-electron chi connectivity index (χ4n) is 1.56. The van der Waals surface area contributed by atoms with Gasteiger partial charge in [0.1, 0.15) is 11.6 Å². The smallest absolute Gasteiger partial charge is 0.337 e. The average molecular weight is 307 g/mol. The van der Waals surface area contributed by atoms with Crippen LogP contribution in [0.5, 0.6) is 0 Å². The van der Waals surface area contributed by atoms with Gasteiger partial charge in [-0.05, 0) is 18.2 Å². The Labute approximate surface area is 124 Å². The summed E-state index contributed by atoms with van der Waals surface area (Å²) in [6.07, 6.45) is 0. The minimum absolute atomic E-state index is 0.308. The van der Waals surface area contributed by atoms with Crippen LogP contribution in [0.2, 0.25) is 0 Å². The van der Waals surface area contributed by atoms with Crippen LogP contribution >= 0.6 is 11.3 Å². The van der Waals surface area contributed by atoms with Crippen molar-refractivity contribution < 1.29 is 19.1 Å². The summed E-state index contributed by atoms with van der Waals surface area (Å²) < 4.78 is 9.54. The number of benzene rings is 1. The van der Waals surface area contributed by atoms with Crippen molar-refractivity contribution in [3.8, 4) is 0 Å². The molecule has 0 saturated carbocycles. The molecule has 0 bridgehead atoms. The van der Waals surface area contributed by atoms with Gasteiger partial charge in [-0.15, -0.1) is 10.2 Å². The zero-order valence-electron chi connectivity index (χ0n) is 11.5. The van der Waals surface area contributed by atoms with E-state index in [0.29, 0.717) is 27.9 Å². The number of esters is 1. The third kappa shape index (κ3) is 3.83. The van der Waals surface area contributed by atoms with E-state index in [1.807, 2.05) is 0 Å². The van der Waals surface area contributed by atoms with Crippen LogP contribution in [0.3, 0.4) is 0 Å². The summed E-state index contributed by atoms with van der Waals surface area (Å²) in [5.41, 5.74) is 0.642. The molecule has 8 heteroatoms. The number of carbonyl (C=O) groups excluding carboxylic acids is 2. The van der Waals surface area contributed by atoms with E-state index in [0.717, 1.165) is 0 Å². The van der Waals surface area contributed by atoms with Crippen molar-refractivity contribution in [2.75, 3.05) is 19.5 Å². The summed E-state index contributed by atoms with van der Waals surface area (Å²) in [7, 11) is 2.84. The minimum atomic E-state index is -0.497. The Morgan fingerprint density at radius 1 is 1.24 bits per heavy atom. The van der Waals surface area contributed by atoms with E-state index in [-0.39, 0.29) is 5.91 Å². The molecule has 2 aromatic rings. The highest BCUT2D eigenvalue weighted by Gasteiger charge is 2.13. The lowest BCUT2D eigenvalue weighted by molar-refractivity contribution is 0.0600. The maximum absolute atomic E-state index is 12.1. The third-order valence-corrected chi connectivity index (χ3v) is 3.31. The molecule has 1 N–H and O–H groups in total. The Kier molecular flexibility index (Phi) is 4.96. The zero-order valence-corrected chi connectivity index (χ0v) is 12.3. The Morgan fingerprint density at radius 3 is 2.71 bits per heavy atom. The van der Waals surface area contributed by atoms with Crippen LogP contribution in [0.4, 0.5) is 5.13 Å². The van der Waals surface area contributed by atoms with Gasteiger partial charge in [-0.25, -0.2) is 4.79 Å². The molecule has 110 valence electrons. The Morgan fingerprint density at radius 2 is 2.00 bits per heavy atom.